The number of rotatable bonds is 6. The van der Waals surface area contributed by atoms with Crippen molar-refractivity contribution in [1.82, 2.24) is 29.6 Å². The molecule has 2 fully saturated rings. The van der Waals surface area contributed by atoms with Crippen LogP contribution in [0.1, 0.15) is 71.4 Å². The summed E-state index contributed by atoms with van der Waals surface area (Å²) in [7, 11) is 1.98. The van der Waals surface area contributed by atoms with Gasteiger partial charge >= 0.3 is 0 Å². The Hall–Kier alpha value is -3.20. The highest BCUT2D eigenvalue weighted by molar-refractivity contribution is 5.95. The number of aryl methyl sites for hydroxylation is 2. The average molecular weight is 476 g/mol. The SMILES string of the molecule is Cc1nc(N2CC3CC3C2)ccc1Cn1cc(C(=O)N[C@@H]2CCc3c2ncn3C)c(C(C)(C)O)n1. The highest BCUT2D eigenvalue weighted by Gasteiger charge is 2.45. The minimum atomic E-state index is -1.25. The summed E-state index contributed by atoms with van der Waals surface area (Å²) < 4.78 is 3.74. The number of imidazole rings is 1. The molecule has 0 bridgehead atoms. The molecule has 0 spiro atoms. The number of nitrogens with one attached hydrogen (secondary N) is 1. The molecule has 9 nitrogen and oxygen atoms in total. The Bertz CT molecular complexity index is 1290. The van der Waals surface area contributed by atoms with Gasteiger partial charge in [-0.05, 0) is 63.5 Å². The maximum Gasteiger partial charge on any atom is 0.255 e. The van der Waals surface area contributed by atoms with Gasteiger partial charge < -0.3 is 19.9 Å². The molecule has 6 rings (SSSR count). The fourth-order valence-electron chi connectivity index (χ4n) is 5.66. The van der Waals surface area contributed by atoms with E-state index in [1.807, 2.05) is 18.5 Å². The van der Waals surface area contributed by atoms with Crippen molar-refractivity contribution in [1.29, 1.82) is 0 Å². The second kappa shape index (κ2) is 7.91. The fourth-order valence-corrected chi connectivity index (χ4v) is 5.66. The highest BCUT2D eigenvalue weighted by atomic mass is 16.3. The zero-order valence-corrected chi connectivity index (χ0v) is 20.8. The summed E-state index contributed by atoms with van der Waals surface area (Å²) in [5.41, 5.74) is 3.60. The quantitative estimate of drug-likeness (QED) is 0.568. The van der Waals surface area contributed by atoms with E-state index in [-0.39, 0.29) is 11.9 Å². The van der Waals surface area contributed by atoms with Crippen molar-refractivity contribution >= 4 is 11.7 Å². The molecule has 1 saturated heterocycles. The molecule has 1 amide bonds. The lowest BCUT2D eigenvalue weighted by atomic mass is 10.0. The lowest BCUT2D eigenvalue weighted by molar-refractivity contribution is 0.0698. The number of pyridine rings is 1. The molecular formula is C26H33N7O2. The van der Waals surface area contributed by atoms with Crippen LogP contribution in [0.5, 0.6) is 0 Å². The van der Waals surface area contributed by atoms with Gasteiger partial charge in [-0.25, -0.2) is 9.97 Å². The lowest BCUT2D eigenvalue weighted by Gasteiger charge is -2.20. The maximum absolute atomic E-state index is 13.3. The van der Waals surface area contributed by atoms with Gasteiger partial charge in [-0.1, -0.05) is 6.07 Å². The van der Waals surface area contributed by atoms with Crippen LogP contribution in [0.25, 0.3) is 0 Å². The molecule has 2 unspecified atom stereocenters. The van der Waals surface area contributed by atoms with Crippen molar-refractivity contribution in [3.63, 3.8) is 0 Å². The van der Waals surface area contributed by atoms with E-state index in [1.54, 1.807) is 31.1 Å². The first-order valence-electron chi connectivity index (χ1n) is 12.5. The zero-order chi connectivity index (χ0) is 24.5. The number of hydrogen-bond donors (Lipinski definition) is 2. The number of fused-ring (bicyclic) bond motifs is 2. The second-order valence-corrected chi connectivity index (χ2v) is 11.0. The summed E-state index contributed by atoms with van der Waals surface area (Å²) in [6.07, 6.45) is 6.60. The summed E-state index contributed by atoms with van der Waals surface area (Å²) >= 11 is 0. The topological polar surface area (TPSA) is 101 Å². The summed E-state index contributed by atoms with van der Waals surface area (Å²) in [6.45, 7) is 8.05. The van der Waals surface area contributed by atoms with E-state index in [9.17, 15) is 9.90 Å². The van der Waals surface area contributed by atoms with Crippen LogP contribution in [0.4, 0.5) is 5.82 Å². The van der Waals surface area contributed by atoms with Gasteiger partial charge in [-0.3, -0.25) is 9.48 Å². The molecule has 3 atom stereocenters. The molecule has 184 valence electrons. The summed E-state index contributed by atoms with van der Waals surface area (Å²) in [6, 6.07) is 4.06. The number of aliphatic hydroxyl groups is 1. The third-order valence-electron chi connectivity index (χ3n) is 7.80. The Kier molecular flexibility index (Phi) is 5.03. The standard InChI is InChI=1S/C26H33N7O2/c1-15-16(5-8-22(28-15)32-10-17-9-18(17)11-32)12-33-13-19(24(30-33)26(2,3)35)25(34)29-20-6-7-21-23(20)27-14-31(21)4/h5,8,13-14,17-18,20,35H,6-7,9-12H2,1-4H3,(H,29,34)/t17?,18?,20-/m1/s1. The Morgan fingerprint density at radius 1 is 1.26 bits per heavy atom. The van der Waals surface area contributed by atoms with E-state index < -0.39 is 5.60 Å². The number of carbonyl (C=O) groups is 1. The molecule has 0 aromatic carbocycles. The molecule has 9 heteroatoms. The highest BCUT2D eigenvalue weighted by Crippen LogP contribution is 2.46. The monoisotopic (exact) mass is 475 g/mol. The van der Waals surface area contributed by atoms with E-state index in [2.05, 4.69) is 32.4 Å². The van der Waals surface area contributed by atoms with Crippen LogP contribution >= 0.6 is 0 Å². The molecule has 3 aliphatic rings. The van der Waals surface area contributed by atoms with Crippen molar-refractivity contribution in [2.24, 2.45) is 18.9 Å². The van der Waals surface area contributed by atoms with Crippen LogP contribution < -0.4 is 10.2 Å². The predicted octanol–water partition coefficient (Wildman–Crippen LogP) is 2.47. The minimum absolute atomic E-state index is 0.132. The number of hydrogen-bond acceptors (Lipinski definition) is 6. The molecule has 1 saturated carbocycles. The third kappa shape index (κ3) is 4.01. The minimum Gasteiger partial charge on any atom is -0.384 e. The van der Waals surface area contributed by atoms with E-state index in [0.29, 0.717) is 17.8 Å². The first-order chi connectivity index (χ1) is 16.7. The van der Waals surface area contributed by atoms with Crippen LogP contribution in [0.3, 0.4) is 0 Å². The summed E-state index contributed by atoms with van der Waals surface area (Å²) in [5, 5.41) is 18.5. The number of piperidine rings is 1. The van der Waals surface area contributed by atoms with Crippen molar-refractivity contribution in [2.75, 3.05) is 18.0 Å². The maximum atomic E-state index is 13.3. The van der Waals surface area contributed by atoms with Gasteiger partial charge in [0.05, 0.1) is 30.2 Å². The first kappa shape index (κ1) is 22.3. The molecule has 3 aromatic heterocycles. The van der Waals surface area contributed by atoms with Crippen LogP contribution in [0, 0.1) is 18.8 Å². The number of nitrogens with zero attached hydrogens (tertiary/aromatic N) is 6. The van der Waals surface area contributed by atoms with Crippen molar-refractivity contribution in [3.05, 3.63) is 58.6 Å². The predicted molar refractivity (Wildman–Crippen MR) is 131 cm³/mol. The van der Waals surface area contributed by atoms with E-state index >= 15 is 0 Å². The Labute approximate surface area is 205 Å². The average Bonchev–Trinajstić information content (AvgIpc) is 3.24. The normalized spacial score (nSPS) is 22.9. The summed E-state index contributed by atoms with van der Waals surface area (Å²) in [5.74, 6) is 2.52. The smallest absolute Gasteiger partial charge is 0.255 e. The largest absolute Gasteiger partial charge is 0.384 e. The third-order valence-corrected chi connectivity index (χ3v) is 7.80. The van der Waals surface area contributed by atoms with Gasteiger partial charge in [0, 0.05) is 37.7 Å². The Morgan fingerprint density at radius 2 is 2.03 bits per heavy atom. The molecular weight excluding hydrogens is 442 g/mol. The molecule has 2 N–H and O–H groups in total. The van der Waals surface area contributed by atoms with Crippen molar-refractivity contribution in [2.45, 2.75) is 58.2 Å². The number of anilines is 1. The Balaban J connectivity index is 1.22. The van der Waals surface area contributed by atoms with Gasteiger partial charge in [-0.2, -0.15) is 5.10 Å². The number of amides is 1. The molecule has 4 heterocycles. The first-order valence-corrected chi connectivity index (χ1v) is 12.5. The van der Waals surface area contributed by atoms with Gasteiger partial charge in [-0.15, -0.1) is 0 Å². The van der Waals surface area contributed by atoms with Crippen LogP contribution in [0.15, 0.2) is 24.7 Å². The molecule has 35 heavy (non-hydrogen) atoms. The van der Waals surface area contributed by atoms with Gasteiger partial charge in [0.1, 0.15) is 17.1 Å². The molecule has 3 aromatic rings. The van der Waals surface area contributed by atoms with Crippen molar-refractivity contribution in [3.8, 4) is 0 Å². The van der Waals surface area contributed by atoms with Crippen LogP contribution in [-0.4, -0.2) is 48.4 Å². The molecule has 0 radical (unpaired) electrons. The van der Waals surface area contributed by atoms with E-state index in [1.165, 1.54) is 6.42 Å². The van der Waals surface area contributed by atoms with Crippen LogP contribution in [-0.2, 0) is 25.6 Å². The van der Waals surface area contributed by atoms with E-state index in [0.717, 1.165) is 66.2 Å². The zero-order valence-electron chi connectivity index (χ0n) is 20.8. The molecule has 1 aliphatic heterocycles. The van der Waals surface area contributed by atoms with Crippen molar-refractivity contribution < 1.29 is 9.90 Å². The Morgan fingerprint density at radius 3 is 2.74 bits per heavy atom. The van der Waals surface area contributed by atoms with Gasteiger partial charge in [0.15, 0.2) is 0 Å². The number of aromatic nitrogens is 5. The fraction of sp³-hybridized carbons (Fsp3) is 0.538. The molecule has 2 aliphatic carbocycles. The van der Waals surface area contributed by atoms with Crippen LogP contribution in [0.2, 0.25) is 0 Å². The second-order valence-electron chi connectivity index (χ2n) is 11.0. The lowest BCUT2D eigenvalue weighted by Crippen LogP contribution is -2.30. The van der Waals surface area contributed by atoms with E-state index in [4.69, 9.17) is 4.98 Å². The van der Waals surface area contributed by atoms with Gasteiger partial charge in [0.25, 0.3) is 5.91 Å². The van der Waals surface area contributed by atoms with Gasteiger partial charge in [0.2, 0.25) is 0 Å². The number of carbonyl (C=O) groups excluding carboxylic acids is 1. The summed E-state index contributed by atoms with van der Waals surface area (Å²) in [4.78, 5) is 25.0.